The lowest BCUT2D eigenvalue weighted by Gasteiger charge is -2.34. The van der Waals surface area contributed by atoms with Crippen LogP contribution < -0.4 is 19.5 Å². The third-order valence-electron chi connectivity index (χ3n) is 4.36. The molecular weight excluding hydrogens is 350 g/mol. The van der Waals surface area contributed by atoms with Crippen molar-refractivity contribution in [1.29, 1.82) is 0 Å². The van der Waals surface area contributed by atoms with Crippen LogP contribution in [-0.4, -0.2) is 62.8 Å². The predicted molar refractivity (Wildman–Crippen MR) is 109 cm³/mol. The summed E-state index contributed by atoms with van der Waals surface area (Å²) in [7, 11) is 4.87. The van der Waals surface area contributed by atoms with Gasteiger partial charge >= 0.3 is 0 Å². The van der Waals surface area contributed by atoms with Crippen molar-refractivity contribution in [3.8, 4) is 17.2 Å². The summed E-state index contributed by atoms with van der Waals surface area (Å²) in [6, 6.07) is 3.91. The van der Waals surface area contributed by atoms with Gasteiger partial charge in [0.25, 0.3) is 0 Å². The van der Waals surface area contributed by atoms with E-state index in [0.717, 1.165) is 36.9 Å². The summed E-state index contributed by atoms with van der Waals surface area (Å²) in [5, 5.41) is 4.10. The second kappa shape index (κ2) is 10.4. The maximum Gasteiger partial charge on any atom is 0.203 e. The number of methoxy groups -OCH3 is 3. The molecule has 1 saturated heterocycles. The molecule has 1 unspecified atom stereocenters. The summed E-state index contributed by atoms with van der Waals surface area (Å²) in [5.74, 6) is 4.03. The van der Waals surface area contributed by atoms with Gasteiger partial charge in [-0.05, 0) is 31.0 Å². The lowest BCUT2D eigenvalue weighted by molar-refractivity contribution is 0.324. The molecule has 0 saturated carbocycles. The summed E-state index contributed by atoms with van der Waals surface area (Å²) in [6.45, 7) is 7.84. The molecule has 1 aromatic carbocycles. The minimum atomic E-state index is 0.555. The summed E-state index contributed by atoms with van der Waals surface area (Å²) < 4.78 is 16.3. The Morgan fingerprint density at radius 1 is 1.19 bits per heavy atom. The lowest BCUT2D eigenvalue weighted by Crippen LogP contribution is -2.48. The van der Waals surface area contributed by atoms with Crippen LogP contribution in [0, 0.1) is 0 Å². The molecule has 0 bridgehead atoms. The molecule has 1 heterocycles. The molecule has 1 aromatic rings. The molecule has 6 nitrogen and oxygen atoms in total. The topological polar surface area (TPSA) is 55.3 Å². The maximum absolute atomic E-state index is 5.44. The van der Waals surface area contributed by atoms with E-state index in [9.17, 15) is 0 Å². The molecule has 26 heavy (non-hydrogen) atoms. The summed E-state index contributed by atoms with van der Waals surface area (Å²) in [5.41, 5.74) is 1.02. The van der Waals surface area contributed by atoms with Crippen LogP contribution in [0.2, 0.25) is 0 Å². The zero-order valence-corrected chi connectivity index (χ0v) is 17.3. The standard InChI is InChI=1S/C19H31N3O3S/c1-6-15-13-22(8-9-26-15)19(20-7-2)21-12-14-10-16(23-3)18(25-5)17(11-14)24-4/h10-11,15H,6-9,12-13H2,1-5H3,(H,20,21). The van der Waals surface area contributed by atoms with Crippen molar-refractivity contribution in [1.82, 2.24) is 10.2 Å². The quantitative estimate of drug-likeness (QED) is 0.579. The third kappa shape index (κ3) is 5.13. The SMILES string of the molecule is CCNC(=NCc1cc(OC)c(OC)c(OC)c1)N1CCSC(CC)C1. The first-order valence-electron chi connectivity index (χ1n) is 9.10. The molecule has 0 radical (unpaired) electrons. The van der Waals surface area contributed by atoms with E-state index in [1.54, 1.807) is 21.3 Å². The van der Waals surface area contributed by atoms with E-state index >= 15 is 0 Å². The van der Waals surface area contributed by atoms with Crippen LogP contribution in [-0.2, 0) is 6.54 Å². The van der Waals surface area contributed by atoms with Crippen LogP contribution in [0.15, 0.2) is 17.1 Å². The van der Waals surface area contributed by atoms with Crippen molar-refractivity contribution in [2.45, 2.75) is 32.1 Å². The number of rotatable bonds is 7. The molecule has 2 rings (SSSR count). The number of ether oxygens (including phenoxy) is 3. The Labute approximate surface area is 161 Å². The molecule has 0 spiro atoms. The van der Waals surface area contributed by atoms with Crippen molar-refractivity contribution in [3.05, 3.63) is 17.7 Å². The summed E-state index contributed by atoms with van der Waals surface area (Å²) >= 11 is 2.06. The lowest BCUT2D eigenvalue weighted by atomic mass is 10.2. The second-order valence-electron chi connectivity index (χ2n) is 6.05. The predicted octanol–water partition coefficient (Wildman–Crippen LogP) is 3.01. The van der Waals surface area contributed by atoms with Gasteiger partial charge in [0.2, 0.25) is 5.75 Å². The molecule has 0 aliphatic carbocycles. The molecule has 1 aliphatic rings. The minimum absolute atomic E-state index is 0.555. The number of aliphatic imine (C=N–C) groups is 1. The van der Waals surface area contributed by atoms with E-state index in [1.165, 1.54) is 6.42 Å². The first-order chi connectivity index (χ1) is 12.7. The number of guanidine groups is 1. The Morgan fingerprint density at radius 3 is 2.42 bits per heavy atom. The van der Waals surface area contributed by atoms with Crippen LogP contribution in [0.25, 0.3) is 0 Å². The number of hydrogen-bond donors (Lipinski definition) is 1. The Morgan fingerprint density at radius 2 is 1.88 bits per heavy atom. The number of benzene rings is 1. The van der Waals surface area contributed by atoms with E-state index in [1.807, 2.05) is 12.1 Å². The Bertz CT molecular complexity index is 585. The van der Waals surface area contributed by atoms with Crippen molar-refractivity contribution in [2.24, 2.45) is 4.99 Å². The highest BCUT2D eigenvalue weighted by atomic mass is 32.2. The van der Waals surface area contributed by atoms with E-state index in [-0.39, 0.29) is 0 Å². The number of thioether (sulfide) groups is 1. The van der Waals surface area contributed by atoms with Gasteiger partial charge in [0.05, 0.1) is 27.9 Å². The normalized spacial score (nSPS) is 17.8. The van der Waals surface area contributed by atoms with Gasteiger partial charge in [-0.15, -0.1) is 0 Å². The maximum atomic E-state index is 5.44. The number of nitrogens with zero attached hydrogens (tertiary/aromatic N) is 2. The number of hydrogen-bond acceptors (Lipinski definition) is 5. The van der Waals surface area contributed by atoms with E-state index in [4.69, 9.17) is 19.2 Å². The highest BCUT2D eigenvalue weighted by Gasteiger charge is 2.21. The minimum Gasteiger partial charge on any atom is -0.493 e. The largest absolute Gasteiger partial charge is 0.493 e. The summed E-state index contributed by atoms with van der Waals surface area (Å²) in [6.07, 6.45) is 1.19. The molecule has 146 valence electrons. The second-order valence-corrected chi connectivity index (χ2v) is 7.46. The van der Waals surface area contributed by atoms with E-state index < -0.39 is 0 Å². The van der Waals surface area contributed by atoms with Gasteiger partial charge < -0.3 is 24.4 Å². The van der Waals surface area contributed by atoms with Gasteiger partial charge in [0, 0.05) is 30.6 Å². The first kappa shape index (κ1) is 20.6. The van der Waals surface area contributed by atoms with Crippen molar-refractivity contribution in [3.63, 3.8) is 0 Å². The highest BCUT2D eigenvalue weighted by Crippen LogP contribution is 2.38. The Balaban J connectivity index is 2.21. The molecule has 1 N–H and O–H groups in total. The fourth-order valence-electron chi connectivity index (χ4n) is 2.98. The average molecular weight is 382 g/mol. The average Bonchev–Trinajstić information content (AvgIpc) is 2.70. The van der Waals surface area contributed by atoms with Gasteiger partial charge in [-0.25, -0.2) is 4.99 Å². The van der Waals surface area contributed by atoms with Crippen molar-refractivity contribution in [2.75, 3.05) is 46.7 Å². The zero-order valence-electron chi connectivity index (χ0n) is 16.5. The molecule has 1 atom stereocenters. The van der Waals surface area contributed by atoms with Crippen molar-refractivity contribution >= 4 is 17.7 Å². The summed E-state index contributed by atoms with van der Waals surface area (Å²) in [4.78, 5) is 7.22. The Kier molecular flexibility index (Phi) is 8.22. The van der Waals surface area contributed by atoms with E-state index in [2.05, 4.69) is 35.8 Å². The molecule has 0 amide bonds. The van der Waals surface area contributed by atoms with Crippen LogP contribution in [0.3, 0.4) is 0 Å². The molecule has 0 aromatic heterocycles. The Hall–Kier alpha value is -1.76. The van der Waals surface area contributed by atoms with Crippen LogP contribution in [0.5, 0.6) is 17.2 Å². The third-order valence-corrected chi connectivity index (χ3v) is 5.74. The van der Waals surface area contributed by atoms with Crippen LogP contribution in [0.4, 0.5) is 0 Å². The van der Waals surface area contributed by atoms with Gasteiger partial charge in [0.1, 0.15) is 0 Å². The smallest absolute Gasteiger partial charge is 0.203 e. The molecule has 1 fully saturated rings. The molecule has 7 heteroatoms. The van der Waals surface area contributed by atoms with Gasteiger partial charge in [-0.1, -0.05) is 6.92 Å². The van der Waals surface area contributed by atoms with Crippen molar-refractivity contribution < 1.29 is 14.2 Å². The van der Waals surface area contributed by atoms with E-state index in [0.29, 0.717) is 29.0 Å². The zero-order chi connectivity index (χ0) is 18.9. The van der Waals surface area contributed by atoms with Crippen LogP contribution in [0.1, 0.15) is 25.8 Å². The number of nitrogens with one attached hydrogen (secondary N) is 1. The fraction of sp³-hybridized carbons (Fsp3) is 0.632. The fourth-order valence-corrected chi connectivity index (χ4v) is 4.16. The first-order valence-corrected chi connectivity index (χ1v) is 10.1. The van der Waals surface area contributed by atoms with Gasteiger partial charge in [0.15, 0.2) is 17.5 Å². The molecular formula is C19H31N3O3S. The molecule has 1 aliphatic heterocycles. The monoisotopic (exact) mass is 381 g/mol. The highest BCUT2D eigenvalue weighted by molar-refractivity contribution is 8.00. The van der Waals surface area contributed by atoms with Gasteiger partial charge in [-0.3, -0.25) is 0 Å². The van der Waals surface area contributed by atoms with Gasteiger partial charge in [-0.2, -0.15) is 11.8 Å². The van der Waals surface area contributed by atoms with Crippen LogP contribution >= 0.6 is 11.8 Å².